The first kappa shape index (κ1) is 10.7. The highest BCUT2D eigenvalue weighted by Gasteiger charge is 2.02. The summed E-state index contributed by atoms with van der Waals surface area (Å²) >= 11 is 0. The van der Waals surface area contributed by atoms with Crippen LogP contribution in [0.5, 0.6) is 5.75 Å². The summed E-state index contributed by atoms with van der Waals surface area (Å²) in [5, 5.41) is 9.37. The van der Waals surface area contributed by atoms with E-state index in [2.05, 4.69) is 4.98 Å². The lowest BCUT2D eigenvalue weighted by atomic mass is 10.2. The highest BCUT2D eigenvalue weighted by atomic mass is 16.3. The van der Waals surface area contributed by atoms with E-state index in [0.29, 0.717) is 13.1 Å². The minimum Gasteiger partial charge on any atom is -0.508 e. The molecular formula is C12H15N3O. The summed E-state index contributed by atoms with van der Waals surface area (Å²) in [6.07, 6.45) is 4.47. The molecule has 84 valence electrons. The maximum atomic E-state index is 9.37. The number of nitrogens with two attached hydrogens (primary N) is 1. The first-order chi connectivity index (χ1) is 7.79. The molecule has 0 saturated heterocycles. The fourth-order valence-corrected chi connectivity index (χ4v) is 1.69. The lowest BCUT2D eigenvalue weighted by Gasteiger charge is -2.07. The van der Waals surface area contributed by atoms with Crippen LogP contribution in [0.4, 0.5) is 0 Å². The third kappa shape index (κ3) is 2.41. The molecular weight excluding hydrogens is 202 g/mol. The lowest BCUT2D eigenvalue weighted by Crippen LogP contribution is -2.10. The van der Waals surface area contributed by atoms with Crippen molar-refractivity contribution in [3.8, 4) is 5.75 Å². The van der Waals surface area contributed by atoms with Crippen molar-refractivity contribution in [1.29, 1.82) is 0 Å². The molecule has 16 heavy (non-hydrogen) atoms. The average molecular weight is 217 g/mol. The molecule has 1 heterocycles. The molecule has 0 fully saturated rings. The quantitative estimate of drug-likeness (QED) is 0.807. The smallest absolute Gasteiger partial charge is 0.115 e. The molecule has 0 bridgehead atoms. The second-order valence-electron chi connectivity index (χ2n) is 3.68. The van der Waals surface area contributed by atoms with Crippen molar-refractivity contribution < 1.29 is 5.11 Å². The summed E-state index contributed by atoms with van der Waals surface area (Å²) in [4.78, 5) is 4.24. The molecule has 0 atom stereocenters. The highest BCUT2D eigenvalue weighted by Crippen LogP contribution is 2.13. The van der Waals surface area contributed by atoms with E-state index >= 15 is 0 Å². The maximum Gasteiger partial charge on any atom is 0.115 e. The SMILES string of the molecule is NCCc1nccn1Cc1cccc(O)c1. The number of aromatic nitrogens is 2. The summed E-state index contributed by atoms with van der Waals surface area (Å²) in [5.41, 5.74) is 6.56. The first-order valence-electron chi connectivity index (χ1n) is 5.27. The van der Waals surface area contributed by atoms with Crippen LogP contribution in [0.1, 0.15) is 11.4 Å². The standard InChI is InChI=1S/C12H15N3O/c13-5-4-12-14-6-7-15(12)9-10-2-1-3-11(16)8-10/h1-3,6-8,16H,4-5,9,13H2. The average Bonchev–Trinajstić information content (AvgIpc) is 2.66. The first-order valence-corrected chi connectivity index (χ1v) is 5.27. The van der Waals surface area contributed by atoms with E-state index in [4.69, 9.17) is 5.73 Å². The monoisotopic (exact) mass is 217 g/mol. The highest BCUT2D eigenvalue weighted by molar-refractivity contribution is 5.27. The molecule has 0 unspecified atom stereocenters. The van der Waals surface area contributed by atoms with Gasteiger partial charge in [-0.15, -0.1) is 0 Å². The molecule has 1 aromatic heterocycles. The van der Waals surface area contributed by atoms with Gasteiger partial charge in [-0.2, -0.15) is 0 Å². The topological polar surface area (TPSA) is 64.1 Å². The van der Waals surface area contributed by atoms with Crippen molar-refractivity contribution in [2.24, 2.45) is 5.73 Å². The van der Waals surface area contributed by atoms with Crippen LogP contribution in [0.3, 0.4) is 0 Å². The number of imidazole rings is 1. The Hall–Kier alpha value is -1.81. The minimum absolute atomic E-state index is 0.290. The molecule has 0 radical (unpaired) electrons. The Bertz CT molecular complexity index is 465. The van der Waals surface area contributed by atoms with Gasteiger partial charge in [0.25, 0.3) is 0 Å². The predicted molar refractivity (Wildman–Crippen MR) is 62.2 cm³/mol. The van der Waals surface area contributed by atoms with E-state index in [1.807, 2.05) is 22.9 Å². The van der Waals surface area contributed by atoms with Crippen LogP contribution in [-0.2, 0) is 13.0 Å². The number of benzene rings is 1. The second kappa shape index (κ2) is 4.81. The van der Waals surface area contributed by atoms with E-state index in [1.54, 1.807) is 18.3 Å². The largest absolute Gasteiger partial charge is 0.508 e. The van der Waals surface area contributed by atoms with Crippen molar-refractivity contribution in [2.75, 3.05) is 6.54 Å². The van der Waals surface area contributed by atoms with Gasteiger partial charge in [-0.3, -0.25) is 0 Å². The zero-order chi connectivity index (χ0) is 11.4. The Morgan fingerprint density at radius 3 is 3.00 bits per heavy atom. The van der Waals surface area contributed by atoms with Gasteiger partial charge in [0.1, 0.15) is 11.6 Å². The summed E-state index contributed by atoms with van der Waals surface area (Å²) in [6.45, 7) is 1.31. The van der Waals surface area contributed by atoms with Crippen LogP contribution in [0.25, 0.3) is 0 Å². The molecule has 0 amide bonds. The molecule has 3 N–H and O–H groups in total. The van der Waals surface area contributed by atoms with Crippen molar-refractivity contribution in [3.63, 3.8) is 0 Å². The van der Waals surface area contributed by atoms with Gasteiger partial charge in [-0.25, -0.2) is 4.98 Å². The normalized spacial score (nSPS) is 10.6. The van der Waals surface area contributed by atoms with Crippen LogP contribution in [0, 0.1) is 0 Å². The summed E-state index contributed by atoms with van der Waals surface area (Å²) in [6, 6.07) is 7.24. The number of phenolic OH excluding ortho intramolecular Hbond substituents is 1. The summed E-state index contributed by atoms with van der Waals surface area (Å²) in [7, 11) is 0. The fourth-order valence-electron chi connectivity index (χ4n) is 1.69. The molecule has 0 aliphatic rings. The van der Waals surface area contributed by atoms with E-state index in [1.165, 1.54) is 0 Å². The third-order valence-electron chi connectivity index (χ3n) is 2.43. The molecule has 1 aromatic carbocycles. The molecule has 4 heteroatoms. The molecule has 0 aliphatic heterocycles. The summed E-state index contributed by atoms with van der Waals surface area (Å²) < 4.78 is 2.04. The van der Waals surface area contributed by atoms with Crippen LogP contribution in [0.2, 0.25) is 0 Å². The van der Waals surface area contributed by atoms with Crippen molar-refractivity contribution in [3.05, 3.63) is 48.0 Å². The van der Waals surface area contributed by atoms with E-state index < -0.39 is 0 Å². The second-order valence-corrected chi connectivity index (χ2v) is 3.68. The van der Waals surface area contributed by atoms with Gasteiger partial charge in [-0.1, -0.05) is 12.1 Å². The van der Waals surface area contributed by atoms with Gasteiger partial charge >= 0.3 is 0 Å². The van der Waals surface area contributed by atoms with Gasteiger partial charge in [0.15, 0.2) is 0 Å². The number of nitrogens with zero attached hydrogens (tertiary/aromatic N) is 2. The molecule has 4 nitrogen and oxygen atoms in total. The zero-order valence-corrected chi connectivity index (χ0v) is 9.00. The molecule has 0 aliphatic carbocycles. The van der Waals surface area contributed by atoms with Crippen molar-refractivity contribution in [1.82, 2.24) is 9.55 Å². The molecule has 2 aromatic rings. The maximum absolute atomic E-state index is 9.37. The summed E-state index contributed by atoms with van der Waals surface area (Å²) in [5.74, 6) is 1.27. The Labute approximate surface area is 94.4 Å². The molecule has 0 spiro atoms. The van der Waals surface area contributed by atoms with Crippen molar-refractivity contribution >= 4 is 0 Å². The van der Waals surface area contributed by atoms with Crippen LogP contribution in [-0.4, -0.2) is 21.2 Å². The van der Waals surface area contributed by atoms with Gasteiger partial charge < -0.3 is 15.4 Å². The Morgan fingerprint density at radius 2 is 2.25 bits per heavy atom. The Balaban J connectivity index is 2.17. The van der Waals surface area contributed by atoms with Gasteiger partial charge in [0.2, 0.25) is 0 Å². The van der Waals surface area contributed by atoms with E-state index in [-0.39, 0.29) is 5.75 Å². The van der Waals surface area contributed by atoms with E-state index in [0.717, 1.165) is 17.8 Å². The number of aromatic hydroxyl groups is 1. The Morgan fingerprint density at radius 1 is 1.38 bits per heavy atom. The van der Waals surface area contributed by atoms with Crippen LogP contribution < -0.4 is 5.73 Å². The number of rotatable bonds is 4. The van der Waals surface area contributed by atoms with Gasteiger partial charge in [-0.05, 0) is 24.2 Å². The molecule has 0 saturated carbocycles. The number of hydrogen-bond acceptors (Lipinski definition) is 3. The van der Waals surface area contributed by atoms with Crippen molar-refractivity contribution in [2.45, 2.75) is 13.0 Å². The number of phenols is 1. The lowest BCUT2D eigenvalue weighted by molar-refractivity contribution is 0.474. The molecule has 2 rings (SSSR count). The third-order valence-corrected chi connectivity index (χ3v) is 2.43. The minimum atomic E-state index is 0.290. The number of hydrogen-bond donors (Lipinski definition) is 2. The predicted octanol–water partition coefficient (Wildman–Crippen LogP) is 1.14. The fraction of sp³-hybridized carbons (Fsp3) is 0.250. The van der Waals surface area contributed by atoms with E-state index in [9.17, 15) is 5.11 Å². The van der Waals surface area contributed by atoms with Crippen LogP contribution >= 0.6 is 0 Å². The van der Waals surface area contributed by atoms with Gasteiger partial charge in [0, 0.05) is 25.4 Å². The zero-order valence-electron chi connectivity index (χ0n) is 9.00. The Kier molecular flexibility index (Phi) is 3.22. The van der Waals surface area contributed by atoms with Gasteiger partial charge in [0.05, 0.1) is 0 Å². The van der Waals surface area contributed by atoms with Crippen LogP contribution in [0.15, 0.2) is 36.7 Å².